The Morgan fingerprint density at radius 1 is 1.35 bits per heavy atom. The molecule has 2 aromatic rings. The zero-order chi connectivity index (χ0) is 12.3. The number of nitrogens with one attached hydrogen (secondary N) is 1. The Bertz CT molecular complexity index is 475. The van der Waals surface area contributed by atoms with Crippen LogP contribution < -0.4 is 5.32 Å². The van der Waals surface area contributed by atoms with Crippen LogP contribution in [-0.4, -0.2) is 26.6 Å². The summed E-state index contributed by atoms with van der Waals surface area (Å²) in [5.74, 6) is 0. The molecule has 0 aliphatic rings. The lowest BCUT2D eigenvalue weighted by molar-refractivity contribution is 0.413. The Labute approximate surface area is 101 Å². The molecule has 1 N–H and O–H groups in total. The van der Waals surface area contributed by atoms with E-state index in [1.807, 2.05) is 25.6 Å². The number of hydrogen-bond donors (Lipinski definition) is 1. The minimum absolute atomic E-state index is 0.108. The van der Waals surface area contributed by atoms with Crippen LogP contribution in [-0.2, 0) is 12.1 Å². The maximum absolute atomic E-state index is 4.22. The van der Waals surface area contributed by atoms with Crippen LogP contribution in [0.15, 0.2) is 31.1 Å². The van der Waals surface area contributed by atoms with E-state index in [1.165, 1.54) is 0 Å². The molecule has 0 radical (unpaired) electrons. The molecular formula is C12H17N5. The third-order valence-corrected chi connectivity index (χ3v) is 2.95. The van der Waals surface area contributed by atoms with Crippen molar-refractivity contribution in [2.24, 2.45) is 0 Å². The molecule has 0 bridgehead atoms. The molecule has 0 spiro atoms. The SMILES string of the molecule is CNC(C)(C)c1cncn1Cc1ccncn1. The number of hydrogen-bond acceptors (Lipinski definition) is 4. The summed E-state index contributed by atoms with van der Waals surface area (Å²) in [7, 11) is 1.95. The van der Waals surface area contributed by atoms with E-state index in [9.17, 15) is 0 Å². The topological polar surface area (TPSA) is 55.6 Å². The lowest BCUT2D eigenvalue weighted by Gasteiger charge is -2.25. The molecule has 2 heterocycles. The van der Waals surface area contributed by atoms with Crippen molar-refractivity contribution in [2.45, 2.75) is 25.9 Å². The number of imidazole rings is 1. The first-order valence-corrected chi connectivity index (χ1v) is 5.58. The second-order valence-corrected chi connectivity index (χ2v) is 4.48. The summed E-state index contributed by atoms with van der Waals surface area (Å²) in [6.07, 6.45) is 7.03. The van der Waals surface area contributed by atoms with Crippen LogP contribution >= 0.6 is 0 Å². The first-order chi connectivity index (χ1) is 8.13. The van der Waals surface area contributed by atoms with E-state index in [2.05, 4.69) is 38.7 Å². The first kappa shape index (κ1) is 11.7. The van der Waals surface area contributed by atoms with E-state index in [0.29, 0.717) is 6.54 Å². The second kappa shape index (κ2) is 4.63. The van der Waals surface area contributed by atoms with Crippen LogP contribution in [0.2, 0.25) is 0 Å². The van der Waals surface area contributed by atoms with Gasteiger partial charge in [0.25, 0.3) is 0 Å². The lowest BCUT2D eigenvalue weighted by atomic mass is 10.0. The number of nitrogens with zero attached hydrogens (tertiary/aromatic N) is 4. The summed E-state index contributed by atoms with van der Waals surface area (Å²) >= 11 is 0. The van der Waals surface area contributed by atoms with Gasteiger partial charge in [-0.2, -0.15) is 0 Å². The zero-order valence-corrected chi connectivity index (χ0v) is 10.4. The molecule has 2 rings (SSSR count). The third kappa shape index (κ3) is 2.50. The zero-order valence-electron chi connectivity index (χ0n) is 10.4. The van der Waals surface area contributed by atoms with Crippen molar-refractivity contribution in [3.8, 4) is 0 Å². The molecule has 0 saturated heterocycles. The highest BCUT2D eigenvalue weighted by Crippen LogP contribution is 2.19. The van der Waals surface area contributed by atoms with E-state index in [4.69, 9.17) is 0 Å². The van der Waals surface area contributed by atoms with E-state index in [0.717, 1.165) is 11.4 Å². The average molecular weight is 231 g/mol. The highest BCUT2D eigenvalue weighted by molar-refractivity contribution is 5.13. The standard InChI is InChI=1S/C12H17N5/c1-12(2,13-3)11-6-15-9-17(11)7-10-4-5-14-8-16-10/h4-6,8-9,13H,7H2,1-3H3. The van der Waals surface area contributed by atoms with Crippen LogP contribution in [0.3, 0.4) is 0 Å². The fraction of sp³-hybridized carbons (Fsp3) is 0.417. The summed E-state index contributed by atoms with van der Waals surface area (Å²) in [5.41, 5.74) is 2.01. The Kier molecular flexibility index (Phi) is 3.19. The van der Waals surface area contributed by atoms with Crippen molar-refractivity contribution in [2.75, 3.05) is 7.05 Å². The van der Waals surface area contributed by atoms with E-state index in [1.54, 1.807) is 12.5 Å². The highest BCUT2D eigenvalue weighted by Gasteiger charge is 2.22. The van der Waals surface area contributed by atoms with Crippen LogP contribution in [0.1, 0.15) is 25.2 Å². The molecule has 0 atom stereocenters. The minimum Gasteiger partial charge on any atom is -0.327 e. The number of aromatic nitrogens is 4. The van der Waals surface area contributed by atoms with Crippen molar-refractivity contribution in [1.29, 1.82) is 0 Å². The molecule has 0 unspecified atom stereocenters. The van der Waals surface area contributed by atoms with Gasteiger partial charge in [0.1, 0.15) is 6.33 Å². The maximum Gasteiger partial charge on any atom is 0.115 e. The molecule has 5 heteroatoms. The molecule has 17 heavy (non-hydrogen) atoms. The van der Waals surface area contributed by atoms with Crippen LogP contribution in [0, 0.1) is 0 Å². The molecular weight excluding hydrogens is 214 g/mol. The van der Waals surface area contributed by atoms with E-state index in [-0.39, 0.29) is 5.54 Å². The van der Waals surface area contributed by atoms with E-state index >= 15 is 0 Å². The van der Waals surface area contributed by atoms with Gasteiger partial charge < -0.3 is 9.88 Å². The van der Waals surface area contributed by atoms with Crippen molar-refractivity contribution in [1.82, 2.24) is 24.8 Å². The summed E-state index contributed by atoms with van der Waals surface area (Å²) < 4.78 is 2.10. The first-order valence-electron chi connectivity index (χ1n) is 5.58. The normalized spacial score (nSPS) is 11.7. The van der Waals surface area contributed by atoms with Gasteiger partial charge in [-0.05, 0) is 27.0 Å². The monoisotopic (exact) mass is 231 g/mol. The predicted octanol–water partition coefficient (Wildman–Crippen LogP) is 1.18. The van der Waals surface area contributed by atoms with Crippen molar-refractivity contribution in [3.05, 3.63) is 42.5 Å². The predicted molar refractivity (Wildman–Crippen MR) is 65.4 cm³/mol. The van der Waals surface area contributed by atoms with Crippen LogP contribution in [0.25, 0.3) is 0 Å². The summed E-state index contributed by atoms with van der Waals surface area (Å²) in [5, 5.41) is 3.28. The van der Waals surface area contributed by atoms with Gasteiger partial charge in [-0.1, -0.05) is 0 Å². The number of rotatable bonds is 4. The molecule has 0 aliphatic heterocycles. The molecule has 0 fully saturated rings. The van der Waals surface area contributed by atoms with Crippen LogP contribution in [0.4, 0.5) is 0 Å². The summed E-state index contributed by atoms with van der Waals surface area (Å²) in [6.45, 7) is 4.96. The molecule has 0 aliphatic carbocycles. The Hall–Kier alpha value is -1.75. The minimum atomic E-state index is -0.108. The van der Waals surface area contributed by atoms with Gasteiger partial charge in [0.15, 0.2) is 0 Å². The van der Waals surface area contributed by atoms with Gasteiger partial charge in [0.05, 0.1) is 36.0 Å². The maximum atomic E-state index is 4.22. The Balaban J connectivity index is 2.26. The van der Waals surface area contributed by atoms with Gasteiger partial charge in [-0.3, -0.25) is 0 Å². The van der Waals surface area contributed by atoms with Crippen molar-refractivity contribution < 1.29 is 0 Å². The van der Waals surface area contributed by atoms with Gasteiger partial charge in [-0.25, -0.2) is 15.0 Å². The smallest absolute Gasteiger partial charge is 0.115 e. The van der Waals surface area contributed by atoms with Crippen molar-refractivity contribution >= 4 is 0 Å². The molecule has 0 amide bonds. The highest BCUT2D eigenvalue weighted by atomic mass is 15.1. The largest absolute Gasteiger partial charge is 0.327 e. The molecule has 0 aromatic carbocycles. The summed E-state index contributed by atoms with van der Waals surface area (Å²) in [6, 6.07) is 1.91. The third-order valence-electron chi connectivity index (χ3n) is 2.95. The average Bonchev–Trinajstić information content (AvgIpc) is 2.79. The van der Waals surface area contributed by atoms with Gasteiger partial charge in [0, 0.05) is 6.20 Å². The quantitative estimate of drug-likeness (QED) is 0.858. The second-order valence-electron chi connectivity index (χ2n) is 4.48. The fourth-order valence-corrected chi connectivity index (χ4v) is 1.68. The summed E-state index contributed by atoms with van der Waals surface area (Å²) in [4.78, 5) is 12.3. The fourth-order valence-electron chi connectivity index (χ4n) is 1.68. The molecule has 0 saturated carbocycles. The molecule has 2 aromatic heterocycles. The molecule has 90 valence electrons. The van der Waals surface area contributed by atoms with E-state index < -0.39 is 0 Å². The molecule has 5 nitrogen and oxygen atoms in total. The Morgan fingerprint density at radius 3 is 2.82 bits per heavy atom. The van der Waals surface area contributed by atoms with Gasteiger partial charge >= 0.3 is 0 Å². The lowest BCUT2D eigenvalue weighted by Crippen LogP contribution is -2.35. The van der Waals surface area contributed by atoms with Crippen molar-refractivity contribution in [3.63, 3.8) is 0 Å². The van der Waals surface area contributed by atoms with Gasteiger partial charge in [0.2, 0.25) is 0 Å². The Morgan fingerprint density at radius 2 is 2.18 bits per heavy atom. The van der Waals surface area contributed by atoms with Crippen LogP contribution in [0.5, 0.6) is 0 Å². The van der Waals surface area contributed by atoms with Gasteiger partial charge in [-0.15, -0.1) is 0 Å².